The average molecular weight is 294 g/mol. The van der Waals surface area contributed by atoms with Crippen LogP contribution in [0.5, 0.6) is 0 Å². The van der Waals surface area contributed by atoms with Crippen molar-refractivity contribution in [1.82, 2.24) is 10.6 Å². The van der Waals surface area contributed by atoms with E-state index < -0.39 is 0 Å². The maximum absolute atomic E-state index is 12.6. The van der Waals surface area contributed by atoms with Gasteiger partial charge in [-0.3, -0.25) is 4.79 Å². The van der Waals surface area contributed by atoms with Crippen molar-refractivity contribution in [3.8, 4) is 0 Å². The Morgan fingerprint density at radius 1 is 1.29 bits per heavy atom. The molecule has 2 aliphatic rings. The van der Waals surface area contributed by atoms with Gasteiger partial charge < -0.3 is 10.6 Å². The first-order chi connectivity index (χ1) is 10.1. The Kier molecular flexibility index (Phi) is 6.53. The molecule has 2 fully saturated rings. The quantitative estimate of drug-likeness (QED) is 0.754. The zero-order valence-corrected chi connectivity index (χ0v) is 14.0. The smallest absolute Gasteiger partial charge is 0.223 e. The van der Waals surface area contributed by atoms with Gasteiger partial charge in [0, 0.05) is 12.5 Å². The molecule has 2 N–H and O–H groups in total. The lowest BCUT2D eigenvalue weighted by Gasteiger charge is -2.34. The number of hydrogen-bond donors (Lipinski definition) is 2. The second-order valence-electron chi connectivity index (χ2n) is 7.65. The van der Waals surface area contributed by atoms with E-state index in [2.05, 4.69) is 24.5 Å². The Morgan fingerprint density at radius 2 is 1.95 bits per heavy atom. The lowest BCUT2D eigenvalue weighted by atomic mass is 9.80. The van der Waals surface area contributed by atoms with Crippen LogP contribution in [0.15, 0.2) is 0 Å². The van der Waals surface area contributed by atoms with Gasteiger partial charge in [0.25, 0.3) is 0 Å². The van der Waals surface area contributed by atoms with Crippen LogP contribution in [0.3, 0.4) is 0 Å². The zero-order valence-electron chi connectivity index (χ0n) is 14.0. The van der Waals surface area contributed by atoms with Gasteiger partial charge in [0.1, 0.15) is 0 Å². The maximum Gasteiger partial charge on any atom is 0.223 e. The highest BCUT2D eigenvalue weighted by atomic mass is 16.1. The summed E-state index contributed by atoms with van der Waals surface area (Å²) in [6.45, 7) is 7.56. The summed E-state index contributed by atoms with van der Waals surface area (Å²) < 4.78 is 0. The number of hydrogen-bond acceptors (Lipinski definition) is 2. The molecule has 0 bridgehead atoms. The Hall–Kier alpha value is -0.570. The van der Waals surface area contributed by atoms with Gasteiger partial charge in [0.2, 0.25) is 5.91 Å². The summed E-state index contributed by atoms with van der Waals surface area (Å²) in [5.74, 6) is 1.38. The fraction of sp³-hybridized carbons (Fsp3) is 0.944. The van der Waals surface area contributed by atoms with Crippen molar-refractivity contribution in [2.45, 2.75) is 71.6 Å². The summed E-state index contributed by atoms with van der Waals surface area (Å²) in [5, 5.41) is 6.69. The minimum absolute atomic E-state index is 0.253. The van der Waals surface area contributed by atoms with Crippen molar-refractivity contribution in [3.63, 3.8) is 0 Å². The van der Waals surface area contributed by atoms with Crippen molar-refractivity contribution in [2.75, 3.05) is 19.6 Å². The number of carbonyl (C=O) groups excluding carboxylic acids is 1. The van der Waals surface area contributed by atoms with Gasteiger partial charge in [0.15, 0.2) is 0 Å². The van der Waals surface area contributed by atoms with E-state index in [4.69, 9.17) is 0 Å². The predicted octanol–water partition coefficient (Wildman–Crippen LogP) is 3.49. The Morgan fingerprint density at radius 3 is 2.57 bits per heavy atom. The molecular weight excluding hydrogens is 260 g/mol. The first-order valence-electron chi connectivity index (χ1n) is 9.11. The SMILES string of the molecule is CCCC(CC1CCCC1)C(=O)NCC1(C)CCNCC1. The average Bonchev–Trinajstić information content (AvgIpc) is 2.98. The Bertz CT molecular complexity index is 317. The van der Waals surface area contributed by atoms with Gasteiger partial charge in [-0.2, -0.15) is 0 Å². The highest BCUT2D eigenvalue weighted by Gasteiger charge is 2.29. The number of carbonyl (C=O) groups is 1. The van der Waals surface area contributed by atoms with E-state index in [0.29, 0.717) is 11.3 Å². The molecule has 2 rings (SSSR count). The van der Waals surface area contributed by atoms with E-state index >= 15 is 0 Å². The van der Waals surface area contributed by atoms with Gasteiger partial charge in [0.05, 0.1) is 0 Å². The first kappa shape index (κ1) is 16.8. The summed E-state index contributed by atoms with van der Waals surface area (Å²) in [5.41, 5.74) is 0.297. The molecule has 21 heavy (non-hydrogen) atoms. The lowest BCUT2D eigenvalue weighted by Crippen LogP contribution is -2.44. The Labute approximate surface area is 130 Å². The molecule has 0 aromatic heterocycles. The van der Waals surface area contributed by atoms with E-state index in [0.717, 1.165) is 44.8 Å². The van der Waals surface area contributed by atoms with Crippen LogP contribution < -0.4 is 10.6 Å². The van der Waals surface area contributed by atoms with Crippen molar-refractivity contribution in [2.24, 2.45) is 17.3 Å². The summed E-state index contributed by atoms with van der Waals surface area (Å²) in [6.07, 6.45) is 11.1. The summed E-state index contributed by atoms with van der Waals surface area (Å²) in [7, 11) is 0. The van der Waals surface area contributed by atoms with E-state index in [1.165, 1.54) is 38.5 Å². The fourth-order valence-electron chi connectivity index (χ4n) is 4.00. The third-order valence-corrected chi connectivity index (χ3v) is 5.60. The maximum atomic E-state index is 12.6. The van der Waals surface area contributed by atoms with Crippen LogP contribution in [0.25, 0.3) is 0 Å². The van der Waals surface area contributed by atoms with Crippen LogP contribution in [-0.4, -0.2) is 25.5 Å². The number of amides is 1. The normalized spacial score (nSPS) is 23.9. The molecule has 1 heterocycles. The highest BCUT2D eigenvalue weighted by Crippen LogP contribution is 2.32. The van der Waals surface area contributed by atoms with Crippen LogP contribution >= 0.6 is 0 Å². The topological polar surface area (TPSA) is 41.1 Å². The third-order valence-electron chi connectivity index (χ3n) is 5.60. The monoisotopic (exact) mass is 294 g/mol. The molecule has 1 saturated heterocycles. The molecule has 122 valence electrons. The molecule has 0 spiro atoms. The van der Waals surface area contributed by atoms with Crippen LogP contribution in [0.1, 0.15) is 71.6 Å². The van der Waals surface area contributed by atoms with Gasteiger partial charge in [-0.1, -0.05) is 46.0 Å². The predicted molar refractivity (Wildman–Crippen MR) is 88.2 cm³/mol. The molecule has 3 nitrogen and oxygen atoms in total. The minimum Gasteiger partial charge on any atom is -0.355 e. The van der Waals surface area contributed by atoms with Crippen molar-refractivity contribution < 1.29 is 4.79 Å². The molecular formula is C18H34N2O. The minimum atomic E-state index is 0.253. The molecule has 1 unspecified atom stereocenters. The van der Waals surface area contributed by atoms with E-state index in [1.54, 1.807) is 0 Å². The van der Waals surface area contributed by atoms with Crippen molar-refractivity contribution in [3.05, 3.63) is 0 Å². The van der Waals surface area contributed by atoms with Crippen molar-refractivity contribution in [1.29, 1.82) is 0 Å². The summed E-state index contributed by atoms with van der Waals surface area (Å²) in [6, 6.07) is 0. The van der Waals surface area contributed by atoms with Crippen LogP contribution in [0.2, 0.25) is 0 Å². The Balaban J connectivity index is 1.79. The van der Waals surface area contributed by atoms with E-state index in [9.17, 15) is 4.79 Å². The van der Waals surface area contributed by atoms with Gasteiger partial charge in [-0.05, 0) is 50.1 Å². The molecule has 1 amide bonds. The zero-order chi connectivity index (χ0) is 15.1. The third kappa shape index (κ3) is 5.28. The number of nitrogens with one attached hydrogen (secondary N) is 2. The fourth-order valence-corrected chi connectivity index (χ4v) is 4.00. The largest absolute Gasteiger partial charge is 0.355 e. The van der Waals surface area contributed by atoms with Crippen LogP contribution in [0.4, 0.5) is 0 Å². The molecule has 1 aliphatic heterocycles. The number of piperidine rings is 1. The second-order valence-corrected chi connectivity index (χ2v) is 7.65. The molecule has 3 heteroatoms. The van der Waals surface area contributed by atoms with Crippen LogP contribution in [-0.2, 0) is 4.79 Å². The molecule has 1 atom stereocenters. The summed E-state index contributed by atoms with van der Waals surface area (Å²) in [4.78, 5) is 12.6. The van der Waals surface area contributed by atoms with E-state index in [-0.39, 0.29) is 5.92 Å². The molecule has 1 saturated carbocycles. The lowest BCUT2D eigenvalue weighted by molar-refractivity contribution is -0.126. The number of rotatable bonds is 7. The highest BCUT2D eigenvalue weighted by molar-refractivity contribution is 5.78. The standard InChI is InChI=1S/C18H34N2O/c1-3-6-16(13-15-7-4-5-8-15)17(21)20-14-18(2)9-11-19-12-10-18/h15-16,19H,3-14H2,1-2H3,(H,20,21). The van der Waals surface area contributed by atoms with Crippen LogP contribution in [0, 0.1) is 17.3 Å². The molecule has 1 aliphatic carbocycles. The molecule has 0 aromatic carbocycles. The second kappa shape index (κ2) is 8.17. The molecule has 0 aromatic rings. The van der Waals surface area contributed by atoms with E-state index in [1.807, 2.05) is 0 Å². The summed E-state index contributed by atoms with van der Waals surface area (Å²) >= 11 is 0. The first-order valence-corrected chi connectivity index (χ1v) is 9.11. The van der Waals surface area contributed by atoms with Gasteiger partial charge in [-0.25, -0.2) is 0 Å². The van der Waals surface area contributed by atoms with Crippen molar-refractivity contribution >= 4 is 5.91 Å². The van der Waals surface area contributed by atoms with Gasteiger partial charge in [-0.15, -0.1) is 0 Å². The van der Waals surface area contributed by atoms with Gasteiger partial charge >= 0.3 is 0 Å². The molecule has 0 radical (unpaired) electrons.